The van der Waals surface area contributed by atoms with Crippen LogP contribution in [0.25, 0.3) is 0 Å². The van der Waals surface area contributed by atoms with E-state index in [4.69, 9.17) is 0 Å². The maximum Gasteiger partial charge on any atom is 0.251 e. The van der Waals surface area contributed by atoms with Gasteiger partial charge in [-0.3, -0.25) is 14.0 Å². The number of nitrogens with zero attached hydrogens (tertiary/aromatic N) is 2. The van der Waals surface area contributed by atoms with Gasteiger partial charge in [0.05, 0.1) is 19.3 Å². The Morgan fingerprint density at radius 2 is 2.21 bits per heavy atom. The predicted octanol–water partition coefficient (Wildman–Crippen LogP) is 0.260. The summed E-state index contributed by atoms with van der Waals surface area (Å²) in [4.78, 5) is 22.7. The zero-order chi connectivity index (χ0) is 10.1. The van der Waals surface area contributed by atoms with Crippen LogP contribution in [0.2, 0.25) is 0 Å². The van der Waals surface area contributed by atoms with E-state index in [0.717, 1.165) is 0 Å². The fourth-order valence-electron chi connectivity index (χ4n) is 1.84. The Bertz CT molecular complexity index is 303. The number of carbonyl (C=O) groups excluding carboxylic acids is 2. The standard InChI is InChI=1S/C9H11FN2O2/c10-4-3-7-2-1-5-11-8(13)6-9(14)12(7)11/h1-2,7H,3-6H2. The lowest BCUT2D eigenvalue weighted by atomic mass is 10.1. The quantitative estimate of drug-likeness (QED) is 0.471. The van der Waals surface area contributed by atoms with Crippen LogP contribution in [0, 0.1) is 0 Å². The minimum absolute atomic E-state index is 0.0789. The van der Waals surface area contributed by atoms with Crippen molar-refractivity contribution in [2.45, 2.75) is 18.9 Å². The minimum atomic E-state index is -0.485. The normalized spacial score (nSPS) is 25.9. The molecule has 4 nitrogen and oxygen atoms in total. The number of carbonyl (C=O) groups is 2. The van der Waals surface area contributed by atoms with Gasteiger partial charge in [-0.15, -0.1) is 0 Å². The molecule has 2 amide bonds. The van der Waals surface area contributed by atoms with Gasteiger partial charge in [-0.05, 0) is 0 Å². The van der Waals surface area contributed by atoms with Crippen LogP contribution < -0.4 is 0 Å². The van der Waals surface area contributed by atoms with Crippen LogP contribution in [-0.2, 0) is 9.59 Å². The molecule has 14 heavy (non-hydrogen) atoms. The molecule has 1 saturated heterocycles. The van der Waals surface area contributed by atoms with Crippen LogP contribution in [0.4, 0.5) is 4.39 Å². The smallest absolute Gasteiger partial charge is 0.251 e. The number of amides is 2. The Hall–Kier alpha value is -1.39. The van der Waals surface area contributed by atoms with Crippen molar-refractivity contribution in [1.82, 2.24) is 10.0 Å². The van der Waals surface area contributed by atoms with E-state index >= 15 is 0 Å². The summed E-state index contributed by atoms with van der Waals surface area (Å²) in [5, 5.41) is 2.77. The van der Waals surface area contributed by atoms with Gasteiger partial charge in [0.15, 0.2) is 0 Å². The molecule has 0 radical (unpaired) electrons. The van der Waals surface area contributed by atoms with Gasteiger partial charge in [0.2, 0.25) is 0 Å². The average Bonchev–Trinajstić information content (AvgIpc) is 2.44. The number of hydrogen-bond donors (Lipinski definition) is 0. The van der Waals surface area contributed by atoms with Gasteiger partial charge in [-0.25, -0.2) is 10.0 Å². The van der Waals surface area contributed by atoms with Gasteiger partial charge < -0.3 is 0 Å². The lowest BCUT2D eigenvalue weighted by Crippen LogP contribution is -2.49. The van der Waals surface area contributed by atoms with Gasteiger partial charge >= 0.3 is 0 Å². The maximum absolute atomic E-state index is 12.2. The molecule has 2 heterocycles. The SMILES string of the molecule is O=C1CC(=O)N2C(CCF)C=CCN12. The number of rotatable bonds is 2. The second-order valence-electron chi connectivity index (χ2n) is 3.36. The van der Waals surface area contributed by atoms with E-state index < -0.39 is 6.67 Å². The highest BCUT2D eigenvalue weighted by atomic mass is 19.1. The molecular formula is C9H11FN2O2. The summed E-state index contributed by atoms with van der Waals surface area (Å²) in [5.41, 5.74) is 0. The van der Waals surface area contributed by atoms with E-state index in [1.54, 1.807) is 12.2 Å². The molecule has 0 N–H and O–H groups in total. The highest BCUT2D eigenvalue weighted by Crippen LogP contribution is 2.23. The van der Waals surface area contributed by atoms with Crippen molar-refractivity contribution in [2.75, 3.05) is 13.2 Å². The molecule has 1 fully saturated rings. The van der Waals surface area contributed by atoms with Crippen molar-refractivity contribution >= 4 is 11.8 Å². The monoisotopic (exact) mass is 198 g/mol. The van der Waals surface area contributed by atoms with E-state index in [0.29, 0.717) is 6.54 Å². The first-order valence-electron chi connectivity index (χ1n) is 4.59. The molecule has 0 saturated carbocycles. The molecule has 1 unspecified atom stereocenters. The maximum atomic E-state index is 12.2. The lowest BCUT2D eigenvalue weighted by Gasteiger charge is -2.35. The molecule has 0 bridgehead atoms. The van der Waals surface area contributed by atoms with Crippen LogP contribution in [0.5, 0.6) is 0 Å². The van der Waals surface area contributed by atoms with Gasteiger partial charge in [-0.1, -0.05) is 12.2 Å². The van der Waals surface area contributed by atoms with Gasteiger partial charge in [-0.2, -0.15) is 0 Å². The molecule has 0 spiro atoms. The summed E-state index contributed by atoms with van der Waals surface area (Å²) in [7, 11) is 0. The summed E-state index contributed by atoms with van der Waals surface area (Å²) < 4.78 is 12.2. The van der Waals surface area contributed by atoms with Crippen LogP contribution in [-0.4, -0.2) is 41.1 Å². The van der Waals surface area contributed by atoms with Crippen LogP contribution in [0.1, 0.15) is 12.8 Å². The number of hydrogen-bond acceptors (Lipinski definition) is 2. The Labute approximate surface area is 80.9 Å². The molecule has 2 aliphatic heterocycles. The summed E-state index contributed by atoms with van der Waals surface area (Å²) in [5.74, 6) is -0.416. The lowest BCUT2D eigenvalue weighted by molar-refractivity contribution is -0.150. The third-order valence-corrected chi connectivity index (χ3v) is 2.46. The van der Waals surface area contributed by atoms with Gasteiger partial charge in [0.25, 0.3) is 11.8 Å². The van der Waals surface area contributed by atoms with Crippen molar-refractivity contribution in [2.24, 2.45) is 0 Å². The van der Waals surface area contributed by atoms with Crippen LogP contribution >= 0.6 is 0 Å². The third-order valence-electron chi connectivity index (χ3n) is 2.46. The zero-order valence-electron chi connectivity index (χ0n) is 7.65. The van der Waals surface area contributed by atoms with E-state index in [1.165, 1.54) is 10.0 Å². The zero-order valence-corrected chi connectivity index (χ0v) is 7.65. The molecule has 0 aliphatic carbocycles. The van der Waals surface area contributed by atoms with Crippen molar-refractivity contribution in [1.29, 1.82) is 0 Å². The van der Waals surface area contributed by atoms with Crippen molar-refractivity contribution in [3.8, 4) is 0 Å². The number of hydrazine groups is 1. The van der Waals surface area contributed by atoms with E-state index in [1.807, 2.05) is 0 Å². The average molecular weight is 198 g/mol. The molecule has 2 rings (SSSR count). The molecule has 0 aromatic carbocycles. The fraction of sp³-hybridized carbons (Fsp3) is 0.556. The predicted molar refractivity (Wildman–Crippen MR) is 46.7 cm³/mol. The van der Waals surface area contributed by atoms with Crippen molar-refractivity contribution in [3.63, 3.8) is 0 Å². The number of halogens is 1. The molecule has 0 aromatic heterocycles. The highest BCUT2D eigenvalue weighted by Gasteiger charge is 2.40. The Morgan fingerprint density at radius 3 is 2.93 bits per heavy atom. The molecular weight excluding hydrogens is 187 g/mol. The largest absolute Gasteiger partial charge is 0.272 e. The summed E-state index contributed by atoms with van der Waals surface area (Å²) >= 11 is 0. The summed E-state index contributed by atoms with van der Waals surface area (Å²) in [6, 6.07) is -0.285. The first-order valence-corrected chi connectivity index (χ1v) is 4.59. The number of fused-ring (bicyclic) bond motifs is 1. The first kappa shape index (κ1) is 9.18. The van der Waals surface area contributed by atoms with Crippen molar-refractivity contribution in [3.05, 3.63) is 12.2 Å². The molecule has 2 aliphatic rings. The molecule has 76 valence electrons. The van der Waals surface area contributed by atoms with E-state index in [2.05, 4.69) is 0 Å². The van der Waals surface area contributed by atoms with Crippen LogP contribution in [0.3, 0.4) is 0 Å². The summed E-state index contributed by atoms with van der Waals surface area (Å²) in [6.07, 6.45) is 3.76. The second kappa shape index (κ2) is 3.40. The van der Waals surface area contributed by atoms with Gasteiger partial charge in [0.1, 0.15) is 6.42 Å². The fourth-order valence-corrected chi connectivity index (χ4v) is 1.84. The van der Waals surface area contributed by atoms with Gasteiger partial charge in [0, 0.05) is 6.42 Å². The third kappa shape index (κ3) is 1.29. The Morgan fingerprint density at radius 1 is 1.43 bits per heavy atom. The van der Waals surface area contributed by atoms with Crippen LogP contribution in [0.15, 0.2) is 12.2 Å². The number of alkyl halides is 1. The second-order valence-corrected chi connectivity index (χ2v) is 3.36. The Balaban J connectivity index is 2.21. The van der Waals surface area contributed by atoms with E-state index in [-0.39, 0.29) is 30.7 Å². The topological polar surface area (TPSA) is 40.6 Å². The molecule has 1 atom stereocenters. The Kier molecular flexibility index (Phi) is 2.23. The molecule has 5 heteroatoms. The van der Waals surface area contributed by atoms with E-state index in [9.17, 15) is 14.0 Å². The highest BCUT2D eigenvalue weighted by molar-refractivity contribution is 6.02. The minimum Gasteiger partial charge on any atom is -0.272 e. The first-order chi connectivity index (χ1) is 6.74. The molecule has 0 aromatic rings. The van der Waals surface area contributed by atoms with Crippen molar-refractivity contribution < 1.29 is 14.0 Å². The summed E-state index contributed by atoms with van der Waals surface area (Å²) in [6.45, 7) is -0.0613.